The van der Waals surface area contributed by atoms with E-state index in [-0.39, 0.29) is 17.9 Å². The highest BCUT2D eigenvalue weighted by Gasteiger charge is 2.24. The Kier molecular flexibility index (Phi) is 9.54. The van der Waals surface area contributed by atoms with Crippen LogP contribution in [0.25, 0.3) is 6.08 Å². The monoisotopic (exact) mass is 467 g/mol. The molecule has 0 bridgehead atoms. The van der Waals surface area contributed by atoms with Crippen LogP contribution in [0.2, 0.25) is 0 Å². The Balaban J connectivity index is 1.51. The van der Waals surface area contributed by atoms with Crippen molar-refractivity contribution < 1.29 is 19.2 Å². The lowest BCUT2D eigenvalue weighted by atomic mass is 10.0. The number of hydroxylamine groups is 1. The number of ether oxygens (including phenoxy) is 1. The summed E-state index contributed by atoms with van der Waals surface area (Å²) >= 11 is 0. The van der Waals surface area contributed by atoms with Crippen LogP contribution in [0.5, 0.6) is 0 Å². The van der Waals surface area contributed by atoms with Gasteiger partial charge in [-0.05, 0) is 37.3 Å². The second-order valence-corrected chi connectivity index (χ2v) is 8.55. The van der Waals surface area contributed by atoms with E-state index in [1.165, 1.54) is 24.5 Å². The van der Waals surface area contributed by atoms with Crippen LogP contribution in [0.3, 0.4) is 0 Å². The van der Waals surface area contributed by atoms with Crippen LogP contribution in [-0.2, 0) is 19.2 Å². The molecule has 0 aliphatic carbocycles. The molecule has 1 aliphatic heterocycles. The molecule has 2 aromatic rings. The number of anilines is 1. The van der Waals surface area contributed by atoms with E-state index in [1.54, 1.807) is 0 Å². The minimum Gasteiger partial charge on any atom is -0.357 e. The molecular formula is C25H33N5O4. The molecule has 0 spiro atoms. The van der Waals surface area contributed by atoms with E-state index in [0.29, 0.717) is 18.1 Å². The number of nitrogens with zero attached hydrogens (tertiary/aromatic N) is 2. The van der Waals surface area contributed by atoms with E-state index in [4.69, 9.17) is 9.57 Å². The summed E-state index contributed by atoms with van der Waals surface area (Å²) in [6.45, 7) is 6.52. The van der Waals surface area contributed by atoms with Crippen molar-refractivity contribution >= 4 is 23.7 Å². The third-order valence-electron chi connectivity index (χ3n) is 5.42. The van der Waals surface area contributed by atoms with Gasteiger partial charge in [-0.3, -0.25) is 14.6 Å². The van der Waals surface area contributed by atoms with Gasteiger partial charge in [-0.25, -0.2) is 15.3 Å². The van der Waals surface area contributed by atoms with E-state index in [1.807, 2.05) is 51.1 Å². The molecule has 0 radical (unpaired) electrons. The van der Waals surface area contributed by atoms with Gasteiger partial charge in [0.25, 0.3) is 5.91 Å². The SMILES string of the molecule is CC(C)[C@@H](Nc1cnc(/C=C/C(=O)NOC2CCCCO2)cn1)C(=O)N[C@@H](C)c1ccccc1. The quantitative estimate of drug-likeness (QED) is 0.362. The summed E-state index contributed by atoms with van der Waals surface area (Å²) in [5.41, 5.74) is 3.89. The number of nitrogens with one attached hydrogen (secondary N) is 3. The summed E-state index contributed by atoms with van der Waals surface area (Å²) in [4.78, 5) is 38.7. The maximum Gasteiger partial charge on any atom is 0.267 e. The van der Waals surface area contributed by atoms with Crippen molar-refractivity contribution in [3.05, 3.63) is 60.1 Å². The van der Waals surface area contributed by atoms with E-state index in [9.17, 15) is 9.59 Å². The largest absolute Gasteiger partial charge is 0.357 e. The molecule has 1 aliphatic rings. The highest BCUT2D eigenvalue weighted by molar-refractivity contribution is 5.90. The van der Waals surface area contributed by atoms with Gasteiger partial charge in [0.05, 0.1) is 24.1 Å². The molecule has 2 amide bonds. The maximum atomic E-state index is 12.9. The molecule has 3 rings (SSSR count). The van der Waals surface area contributed by atoms with Crippen molar-refractivity contribution in [3.8, 4) is 0 Å². The molecule has 3 N–H and O–H groups in total. The molecule has 3 atom stereocenters. The normalized spacial score (nSPS) is 17.8. The summed E-state index contributed by atoms with van der Waals surface area (Å²) in [6, 6.07) is 9.21. The third kappa shape index (κ3) is 7.93. The number of benzene rings is 1. The van der Waals surface area contributed by atoms with Gasteiger partial charge in [0, 0.05) is 19.1 Å². The summed E-state index contributed by atoms with van der Waals surface area (Å²) < 4.78 is 5.39. The maximum absolute atomic E-state index is 12.9. The van der Waals surface area contributed by atoms with Crippen molar-refractivity contribution in [2.75, 3.05) is 11.9 Å². The fourth-order valence-electron chi connectivity index (χ4n) is 3.44. The van der Waals surface area contributed by atoms with Gasteiger partial charge in [-0.2, -0.15) is 0 Å². The molecule has 182 valence electrons. The Bertz CT molecular complexity index is 944. The van der Waals surface area contributed by atoms with Crippen molar-refractivity contribution in [1.29, 1.82) is 0 Å². The van der Waals surface area contributed by atoms with Gasteiger partial charge in [-0.1, -0.05) is 44.2 Å². The van der Waals surface area contributed by atoms with Gasteiger partial charge in [0.15, 0.2) is 6.29 Å². The minimum absolute atomic E-state index is 0.0289. The molecule has 2 heterocycles. The first-order chi connectivity index (χ1) is 16.4. The van der Waals surface area contributed by atoms with Crippen LogP contribution >= 0.6 is 0 Å². The molecule has 34 heavy (non-hydrogen) atoms. The lowest BCUT2D eigenvalue weighted by Crippen LogP contribution is -2.44. The predicted octanol–water partition coefficient (Wildman–Crippen LogP) is 3.38. The van der Waals surface area contributed by atoms with E-state index < -0.39 is 18.2 Å². The van der Waals surface area contributed by atoms with Crippen LogP contribution in [0.1, 0.15) is 57.3 Å². The highest BCUT2D eigenvalue weighted by atomic mass is 16.8. The molecule has 1 fully saturated rings. The van der Waals surface area contributed by atoms with Crippen molar-refractivity contribution in [2.24, 2.45) is 5.92 Å². The van der Waals surface area contributed by atoms with Crippen LogP contribution < -0.4 is 16.1 Å². The van der Waals surface area contributed by atoms with Crippen LogP contribution in [0.4, 0.5) is 5.82 Å². The number of aromatic nitrogens is 2. The average Bonchev–Trinajstić information content (AvgIpc) is 2.86. The number of amides is 2. The van der Waals surface area contributed by atoms with Gasteiger partial charge in [-0.15, -0.1) is 0 Å². The summed E-state index contributed by atoms with van der Waals surface area (Å²) in [5.74, 6) is -0.0280. The van der Waals surface area contributed by atoms with E-state index in [0.717, 1.165) is 24.8 Å². The number of hydrogen-bond donors (Lipinski definition) is 3. The lowest BCUT2D eigenvalue weighted by molar-refractivity contribution is -0.198. The zero-order chi connectivity index (χ0) is 24.3. The number of hydrogen-bond acceptors (Lipinski definition) is 7. The summed E-state index contributed by atoms with van der Waals surface area (Å²) in [5, 5.41) is 6.21. The van der Waals surface area contributed by atoms with Crippen molar-refractivity contribution in [1.82, 2.24) is 20.8 Å². The molecule has 1 unspecified atom stereocenters. The zero-order valence-corrected chi connectivity index (χ0v) is 19.9. The Morgan fingerprint density at radius 2 is 1.91 bits per heavy atom. The van der Waals surface area contributed by atoms with E-state index in [2.05, 4.69) is 26.1 Å². The van der Waals surface area contributed by atoms with Crippen LogP contribution in [0, 0.1) is 5.92 Å². The highest BCUT2D eigenvalue weighted by Crippen LogP contribution is 2.15. The predicted molar refractivity (Wildman–Crippen MR) is 129 cm³/mol. The Morgan fingerprint density at radius 1 is 1.12 bits per heavy atom. The Hall–Kier alpha value is -3.30. The molecule has 1 aromatic heterocycles. The first kappa shape index (κ1) is 25.3. The molecule has 9 heteroatoms. The summed E-state index contributed by atoms with van der Waals surface area (Å²) in [6.07, 6.45) is 8.28. The molecule has 0 saturated carbocycles. The number of carbonyl (C=O) groups excluding carboxylic acids is 2. The number of carbonyl (C=O) groups is 2. The Morgan fingerprint density at radius 3 is 2.56 bits per heavy atom. The first-order valence-corrected chi connectivity index (χ1v) is 11.6. The fourth-order valence-corrected chi connectivity index (χ4v) is 3.44. The first-order valence-electron chi connectivity index (χ1n) is 11.6. The third-order valence-corrected chi connectivity index (χ3v) is 5.42. The standard InChI is InChI=1S/C25H33N5O4/c1-17(2)24(25(32)28-18(3)19-9-5-4-6-10-19)29-21-16-26-20(15-27-21)12-13-22(31)30-34-23-11-7-8-14-33-23/h4-6,9-10,12-13,15-18,23-24H,7-8,11,14H2,1-3H3,(H,27,29)(H,28,32)(H,30,31)/b13-12+/t18-,23?,24+/m0/s1. The topological polar surface area (TPSA) is 114 Å². The van der Waals surface area contributed by atoms with Crippen molar-refractivity contribution in [2.45, 2.75) is 58.4 Å². The molecule has 1 saturated heterocycles. The molecule has 1 aromatic carbocycles. The smallest absolute Gasteiger partial charge is 0.267 e. The average molecular weight is 468 g/mol. The lowest BCUT2D eigenvalue weighted by Gasteiger charge is -2.24. The zero-order valence-electron chi connectivity index (χ0n) is 19.9. The molecular weight excluding hydrogens is 434 g/mol. The van der Waals surface area contributed by atoms with Crippen LogP contribution in [-0.4, -0.2) is 40.7 Å². The fraction of sp³-hybridized carbons (Fsp3) is 0.440. The van der Waals surface area contributed by atoms with Gasteiger partial charge in [0.1, 0.15) is 11.9 Å². The van der Waals surface area contributed by atoms with Gasteiger partial charge in [0.2, 0.25) is 5.91 Å². The summed E-state index contributed by atoms with van der Waals surface area (Å²) in [7, 11) is 0. The molecule has 9 nitrogen and oxygen atoms in total. The second-order valence-electron chi connectivity index (χ2n) is 8.55. The second kappa shape index (κ2) is 12.8. The Labute approximate surface area is 200 Å². The number of rotatable bonds is 10. The van der Waals surface area contributed by atoms with E-state index >= 15 is 0 Å². The van der Waals surface area contributed by atoms with Crippen LogP contribution in [0.15, 0.2) is 48.8 Å². The van der Waals surface area contributed by atoms with Gasteiger partial charge < -0.3 is 15.4 Å². The van der Waals surface area contributed by atoms with Gasteiger partial charge >= 0.3 is 0 Å². The minimum atomic E-state index is -0.480. The van der Waals surface area contributed by atoms with Crippen molar-refractivity contribution in [3.63, 3.8) is 0 Å².